The van der Waals surface area contributed by atoms with E-state index < -0.39 is 28.3 Å². The lowest BCUT2D eigenvalue weighted by Gasteiger charge is -2.21. The maximum Gasteiger partial charge on any atom is 0.339 e. The highest BCUT2D eigenvalue weighted by atomic mass is 16.6. The Balaban J connectivity index is 2.52. The summed E-state index contributed by atoms with van der Waals surface area (Å²) in [5, 5.41) is 20.0. The van der Waals surface area contributed by atoms with E-state index in [2.05, 4.69) is 0 Å². The summed E-state index contributed by atoms with van der Waals surface area (Å²) in [6, 6.07) is -1.92. The molecular weight excluding hydrogens is 270 g/mol. The summed E-state index contributed by atoms with van der Waals surface area (Å²) in [6.45, 7) is 0.830. The third-order valence-electron chi connectivity index (χ3n) is 3.37. The van der Waals surface area contributed by atoms with E-state index >= 15 is 0 Å². The van der Waals surface area contributed by atoms with Gasteiger partial charge < -0.3 is 14.6 Å². The van der Waals surface area contributed by atoms with Crippen LogP contribution in [0.1, 0.15) is 6.42 Å². The minimum Gasteiger partial charge on any atom is -0.492 e. The first-order valence-corrected chi connectivity index (χ1v) is 5.95. The number of nitrogens with zero attached hydrogens (tertiary/aromatic N) is 1. The number of rotatable bonds is 4. The van der Waals surface area contributed by atoms with E-state index in [0.717, 1.165) is 0 Å². The van der Waals surface area contributed by atoms with Gasteiger partial charge in [0.1, 0.15) is 5.57 Å². The lowest BCUT2D eigenvalue weighted by atomic mass is 9.85. The van der Waals surface area contributed by atoms with Crippen molar-refractivity contribution in [3.05, 3.63) is 33.1 Å². The second-order valence-electron chi connectivity index (χ2n) is 4.51. The summed E-state index contributed by atoms with van der Waals surface area (Å²) in [5.74, 6) is -2.74. The van der Waals surface area contributed by atoms with Crippen molar-refractivity contribution in [3.8, 4) is 0 Å². The van der Waals surface area contributed by atoms with Crippen LogP contribution in [0, 0.1) is 16.0 Å². The summed E-state index contributed by atoms with van der Waals surface area (Å²) in [6.07, 6.45) is 1.79. The van der Waals surface area contributed by atoms with Crippen LogP contribution in [-0.2, 0) is 19.1 Å². The minimum atomic E-state index is -1.92. The van der Waals surface area contributed by atoms with Crippen molar-refractivity contribution >= 4 is 11.8 Å². The summed E-state index contributed by atoms with van der Waals surface area (Å²) < 4.78 is 10.2. The average Bonchev–Trinajstić information content (AvgIpc) is 2.90. The van der Waals surface area contributed by atoms with Crippen LogP contribution >= 0.6 is 0 Å². The number of hydrogen-bond acceptors (Lipinski definition) is 6. The zero-order chi connectivity index (χ0) is 14.9. The van der Waals surface area contributed by atoms with E-state index in [1.54, 1.807) is 0 Å². The normalized spacial score (nSPS) is 26.4. The SMILES string of the molecule is COC1=C([C@@H]2CCOC2)C=C(C(=O)O)C([N+](=O)[O-])C1=O. The largest absolute Gasteiger partial charge is 0.492 e. The monoisotopic (exact) mass is 283 g/mol. The highest BCUT2D eigenvalue weighted by molar-refractivity contribution is 6.08. The van der Waals surface area contributed by atoms with E-state index in [4.69, 9.17) is 14.6 Å². The Hall–Kier alpha value is -2.22. The van der Waals surface area contributed by atoms with Crippen LogP contribution in [0.5, 0.6) is 0 Å². The number of methoxy groups -OCH3 is 1. The van der Waals surface area contributed by atoms with E-state index in [-0.39, 0.29) is 11.7 Å². The fourth-order valence-corrected chi connectivity index (χ4v) is 2.41. The molecule has 1 saturated heterocycles. The molecule has 1 aliphatic carbocycles. The summed E-state index contributed by atoms with van der Waals surface area (Å²) in [5.41, 5.74) is -0.173. The summed E-state index contributed by atoms with van der Waals surface area (Å²) >= 11 is 0. The highest BCUT2D eigenvalue weighted by Gasteiger charge is 2.45. The second-order valence-corrected chi connectivity index (χ2v) is 4.51. The first kappa shape index (κ1) is 14.2. The Morgan fingerprint density at radius 2 is 2.30 bits per heavy atom. The molecule has 0 bridgehead atoms. The summed E-state index contributed by atoms with van der Waals surface area (Å²) in [4.78, 5) is 33.3. The second kappa shape index (κ2) is 5.41. The van der Waals surface area contributed by atoms with Gasteiger partial charge in [-0.05, 0) is 12.5 Å². The Bertz CT molecular complexity index is 528. The lowest BCUT2D eigenvalue weighted by Crippen LogP contribution is -2.39. The molecule has 2 rings (SSSR count). The zero-order valence-corrected chi connectivity index (χ0v) is 10.7. The van der Waals surface area contributed by atoms with Crippen LogP contribution in [0.4, 0.5) is 0 Å². The molecule has 0 radical (unpaired) electrons. The molecule has 0 spiro atoms. The molecule has 8 nitrogen and oxygen atoms in total. The van der Waals surface area contributed by atoms with E-state index in [9.17, 15) is 19.7 Å². The predicted octanol–water partition coefficient (Wildman–Crippen LogP) is 0.162. The van der Waals surface area contributed by atoms with Gasteiger partial charge in [-0.25, -0.2) is 4.79 Å². The maximum atomic E-state index is 12.1. The van der Waals surface area contributed by atoms with Crippen LogP contribution in [0.25, 0.3) is 0 Å². The zero-order valence-electron chi connectivity index (χ0n) is 10.7. The molecule has 0 saturated carbocycles. The molecular formula is C12H13NO7. The topological polar surface area (TPSA) is 116 Å². The molecule has 1 fully saturated rings. The van der Waals surface area contributed by atoms with Gasteiger partial charge in [-0.3, -0.25) is 14.9 Å². The van der Waals surface area contributed by atoms with E-state index in [1.807, 2.05) is 0 Å². The number of carbonyl (C=O) groups excluding carboxylic acids is 1. The first-order valence-electron chi connectivity index (χ1n) is 5.95. The van der Waals surface area contributed by atoms with Crippen molar-refractivity contribution in [2.45, 2.75) is 12.5 Å². The van der Waals surface area contributed by atoms with Gasteiger partial charge in [-0.2, -0.15) is 0 Å². The number of carboxylic acids is 1. The first-order chi connectivity index (χ1) is 9.47. The number of carboxylic acid groups (broad SMARTS) is 1. The maximum absolute atomic E-state index is 12.1. The Kier molecular flexibility index (Phi) is 3.84. The van der Waals surface area contributed by atoms with Crippen molar-refractivity contribution in [2.24, 2.45) is 5.92 Å². The van der Waals surface area contributed by atoms with Crippen LogP contribution in [0.3, 0.4) is 0 Å². The molecule has 0 amide bonds. The summed E-state index contributed by atoms with van der Waals surface area (Å²) in [7, 11) is 1.24. The molecule has 8 heteroatoms. The van der Waals surface area contributed by atoms with Crippen LogP contribution < -0.4 is 0 Å². The Labute approximate surface area is 113 Å². The van der Waals surface area contributed by atoms with Crippen molar-refractivity contribution in [3.63, 3.8) is 0 Å². The number of allylic oxidation sites excluding steroid dienone is 1. The molecule has 1 unspecified atom stereocenters. The molecule has 108 valence electrons. The van der Waals surface area contributed by atoms with Gasteiger partial charge in [0, 0.05) is 23.0 Å². The van der Waals surface area contributed by atoms with Gasteiger partial charge >= 0.3 is 12.0 Å². The van der Waals surface area contributed by atoms with E-state index in [0.29, 0.717) is 25.2 Å². The standard InChI is InChI=1S/C12H13NO7/c1-19-11-7(6-2-3-20-5-6)4-8(12(15)16)9(10(11)14)13(17)18/h4,6,9H,2-3,5H2,1H3,(H,15,16)/t6-,9?/m1/s1. The Morgan fingerprint density at radius 3 is 2.75 bits per heavy atom. The number of ketones is 1. The van der Waals surface area contributed by atoms with Crippen LogP contribution in [0.2, 0.25) is 0 Å². The highest BCUT2D eigenvalue weighted by Crippen LogP contribution is 2.32. The number of ether oxygens (including phenoxy) is 2. The van der Waals surface area contributed by atoms with Gasteiger partial charge in [0.2, 0.25) is 0 Å². The van der Waals surface area contributed by atoms with Gasteiger partial charge in [-0.15, -0.1) is 0 Å². The fraction of sp³-hybridized carbons (Fsp3) is 0.500. The van der Waals surface area contributed by atoms with Crippen molar-refractivity contribution in [1.82, 2.24) is 0 Å². The van der Waals surface area contributed by atoms with Crippen LogP contribution in [0.15, 0.2) is 23.0 Å². The molecule has 2 aliphatic rings. The molecule has 20 heavy (non-hydrogen) atoms. The number of Topliss-reactive ketones (excluding diaryl/α,β-unsaturated/α-hetero) is 1. The molecule has 0 aromatic heterocycles. The van der Waals surface area contributed by atoms with Crippen molar-refractivity contribution in [1.29, 1.82) is 0 Å². The number of hydrogen-bond donors (Lipinski definition) is 1. The quantitative estimate of drug-likeness (QED) is 0.577. The van der Waals surface area contributed by atoms with E-state index in [1.165, 1.54) is 13.2 Å². The average molecular weight is 283 g/mol. The Morgan fingerprint density at radius 1 is 1.60 bits per heavy atom. The molecule has 0 aromatic rings. The molecule has 1 aliphatic heterocycles. The van der Waals surface area contributed by atoms with Gasteiger partial charge in [0.15, 0.2) is 5.76 Å². The minimum absolute atomic E-state index is 0.146. The molecule has 0 aromatic carbocycles. The van der Waals surface area contributed by atoms with Gasteiger partial charge in [0.25, 0.3) is 5.78 Å². The van der Waals surface area contributed by atoms with Gasteiger partial charge in [0.05, 0.1) is 13.7 Å². The number of carbonyl (C=O) groups is 2. The molecule has 2 atom stereocenters. The smallest absolute Gasteiger partial charge is 0.339 e. The lowest BCUT2D eigenvalue weighted by molar-refractivity contribution is -0.496. The van der Waals surface area contributed by atoms with Gasteiger partial charge in [-0.1, -0.05) is 0 Å². The van der Waals surface area contributed by atoms with Crippen molar-refractivity contribution < 1.29 is 29.1 Å². The van der Waals surface area contributed by atoms with Crippen LogP contribution in [-0.4, -0.2) is 48.1 Å². The third kappa shape index (κ3) is 2.29. The molecule has 1 N–H and O–H groups in total. The predicted molar refractivity (Wildman–Crippen MR) is 64.5 cm³/mol. The fourth-order valence-electron chi connectivity index (χ4n) is 2.41. The number of aliphatic carboxylic acids is 1. The molecule has 1 heterocycles. The van der Waals surface area contributed by atoms with Crippen molar-refractivity contribution in [2.75, 3.05) is 20.3 Å². The third-order valence-corrected chi connectivity index (χ3v) is 3.37. The number of nitro groups is 1.